The Labute approximate surface area is 116 Å². The zero-order chi connectivity index (χ0) is 14.2. The molecule has 3 heterocycles. The Hall–Kier alpha value is -1.50. The minimum Gasteiger partial charge on any atom is -0.381 e. The molecule has 0 aliphatic carbocycles. The number of anilines is 2. The SMILES string of the molecule is Nc1nc([C@@H]2CCOC2)cc(N2CCC(F)(F)CC2)n1. The third kappa shape index (κ3) is 2.82. The molecule has 0 amide bonds. The number of rotatable bonds is 2. The first kappa shape index (κ1) is 13.5. The highest BCUT2D eigenvalue weighted by Gasteiger charge is 2.34. The predicted octanol–water partition coefficient (Wildman–Crippen LogP) is 1.80. The Morgan fingerprint density at radius 3 is 2.70 bits per heavy atom. The van der Waals surface area contributed by atoms with Crippen molar-refractivity contribution in [1.82, 2.24) is 9.97 Å². The number of nitrogens with zero attached hydrogens (tertiary/aromatic N) is 3. The monoisotopic (exact) mass is 284 g/mol. The lowest BCUT2D eigenvalue weighted by Gasteiger charge is -2.32. The molecule has 0 bridgehead atoms. The highest BCUT2D eigenvalue weighted by Crippen LogP contribution is 2.31. The zero-order valence-corrected chi connectivity index (χ0v) is 11.2. The average Bonchev–Trinajstić information content (AvgIpc) is 2.91. The van der Waals surface area contributed by atoms with Gasteiger partial charge >= 0.3 is 0 Å². The number of nitrogens with two attached hydrogens (primary N) is 1. The second-order valence-electron chi connectivity index (χ2n) is 5.41. The Bertz CT molecular complexity index is 481. The molecule has 0 saturated carbocycles. The molecule has 110 valence electrons. The second-order valence-corrected chi connectivity index (χ2v) is 5.41. The van der Waals surface area contributed by atoms with Crippen molar-refractivity contribution in [2.24, 2.45) is 0 Å². The van der Waals surface area contributed by atoms with Crippen LogP contribution in [0.15, 0.2) is 6.07 Å². The lowest BCUT2D eigenvalue weighted by Crippen LogP contribution is -2.40. The molecule has 3 rings (SSSR count). The van der Waals surface area contributed by atoms with Gasteiger partial charge in [0.15, 0.2) is 0 Å². The standard InChI is InChI=1S/C13H18F2N4O/c14-13(15)2-4-19(5-3-13)11-7-10(17-12(16)18-11)9-1-6-20-8-9/h7,9H,1-6,8H2,(H2,16,17,18)/t9-/m1/s1. The van der Waals surface area contributed by atoms with Crippen LogP contribution in [0.2, 0.25) is 0 Å². The molecule has 1 aromatic heterocycles. The number of alkyl halides is 2. The van der Waals surface area contributed by atoms with Crippen molar-refractivity contribution in [1.29, 1.82) is 0 Å². The van der Waals surface area contributed by atoms with E-state index in [-0.39, 0.29) is 24.7 Å². The van der Waals surface area contributed by atoms with Gasteiger partial charge in [-0.25, -0.2) is 13.8 Å². The van der Waals surface area contributed by atoms with Crippen LogP contribution in [-0.2, 0) is 4.74 Å². The van der Waals surface area contributed by atoms with Gasteiger partial charge in [0.1, 0.15) is 5.82 Å². The molecule has 2 aliphatic rings. The molecule has 0 unspecified atom stereocenters. The van der Waals surface area contributed by atoms with Crippen molar-refractivity contribution in [3.8, 4) is 0 Å². The Kier molecular flexibility index (Phi) is 3.45. The van der Waals surface area contributed by atoms with E-state index in [2.05, 4.69) is 9.97 Å². The van der Waals surface area contributed by atoms with Crippen LogP contribution < -0.4 is 10.6 Å². The van der Waals surface area contributed by atoms with Gasteiger partial charge in [0.05, 0.1) is 12.3 Å². The van der Waals surface area contributed by atoms with Gasteiger partial charge in [-0.2, -0.15) is 4.98 Å². The van der Waals surface area contributed by atoms with Gasteiger partial charge in [0.2, 0.25) is 5.95 Å². The van der Waals surface area contributed by atoms with E-state index in [1.54, 1.807) is 0 Å². The second kappa shape index (κ2) is 5.12. The quantitative estimate of drug-likeness (QED) is 0.897. The molecule has 0 spiro atoms. The Morgan fingerprint density at radius 2 is 2.05 bits per heavy atom. The largest absolute Gasteiger partial charge is 0.381 e. The number of piperidine rings is 1. The summed E-state index contributed by atoms with van der Waals surface area (Å²) in [7, 11) is 0. The van der Waals surface area contributed by atoms with Crippen LogP contribution in [-0.4, -0.2) is 42.2 Å². The van der Waals surface area contributed by atoms with E-state index in [9.17, 15) is 8.78 Å². The smallest absolute Gasteiger partial charge is 0.251 e. The molecule has 2 aliphatic heterocycles. The van der Waals surface area contributed by atoms with Crippen molar-refractivity contribution in [2.45, 2.75) is 31.1 Å². The molecule has 2 saturated heterocycles. The van der Waals surface area contributed by atoms with Crippen molar-refractivity contribution in [3.63, 3.8) is 0 Å². The van der Waals surface area contributed by atoms with Crippen molar-refractivity contribution in [2.75, 3.05) is 36.9 Å². The fourth-order valence-electron chi connectivity index (χ4n) is 2.67. The number of hydrogen-bond acceptors (Lipinski definition) is 5. The lowest BCUT2D eigenvalue weighted by molar-refractivity contribution is -0.0221. The predicted molar refractivity (Wildman–Crippen MR) is 71.0 cm³/mol. The van der Waals surface area contributed by atoms with E-state index in [4.69, 9.17) is 10.5 Å². The van der Waals surface area contributed by atoms with Gasteiger partial charge in [-0.05, 0) is 6.42 Å². The molecular formula is C13H18F2N4O. The molecular weight excluding hydrogens is 266 g/mol. The number of nitrogen functional groups attached to an aromatic ring is 1. The van der Waals surface area contributed by atoms with Gasteiger partial charge in [-0.3, -0.25) is 0 Å². The van der Waals surface area contributed by atoms with Gasteiger partial charge < -0.3 is 15.4 Å². The Morgan fingerprint density at radius 1 is 1.30 bits per heavy atom. The van der Waals surface area contributed by atoms with E-state index in [1.807, 2.05) is 11.0 Å². The van der Waals surface area contributed by atoms with Crippen molar-refractivity contribution >= 4 is 11.8 Å². The molecule has 0 aromatic carbocycles. The minimum absolute atomic E-state index is 0.140. The third-order valence-corrected chi connectivity index (χ3v) is 3.92. The first-order chi connectivity index (χ1) is 9.53. The van der Waals surface area contributed by atoms with E-state index in [0.29, 0.717) is 25.5 Å². The summed E-state index contributed by atoms with van der Waals surface area (Å²) in [5, 5.41) is 0. The van der Waals surface area contributed by atoms with Gasteiger partial charge in [0.25, 0.3) is 5.92 Å². The normalized spacial score (nSPS) is 25.9. The topological polar surface area (TPSA) is 64.3 Å². The highest BCUT2D eigenvalue weighted by molar-refractivity contribution is 5.45. The van der Waals surface area contributed by atoms with Gasteiger partial charge in [-0.15, -0.1) is 0 Å². The average molecular weight is 284 g/mol. The van der Waals surface area contributed by atoms with E-state index in [0.717, 1.165) is 18.7 Å². The lowest BCUT2D eigenvalue weighted by atomic mass is 10.0. The maximum atomic E-state index is 13.2. The summed E-state index contributed by atoms with van der Waals surface area (Å²) >= 11 is 0. The Balaban J connectivity index is 1.79. The van der Waals surface area contributed by atoms with Crippen LogP contribution in [0.3, 0.4) is 0 Å². The maximum Gasteiger partial charge on any atom is 0.251 e. The van der Waals surface area contributed by atoms with Crippen LogP contribution in [0.4, 0.5) is 20.5 Å². The first-order valence-electron chi connectivity index (χ1n) is 6.88. The molecule has 20 heavy (non-hydrogen) atoms. The van der Waals surface area contributed by atoms with Crippen molar-refractivity contribution in [3.05, 3.63) is 11.8 Å². The van der Waals surface area contributed by atoms with Gasteiger partial charge in [-0.1, -0.05) is 0 Å². The fourth-order valence-corrected chi connectivity index (χ4v) is 2.67. The summed E-state index contributed by atoms with van der Waals surface area (Å²) in [4.78, 5) is 10.3. The number of halogens is 2. The molecule has 1 aromatic rings. The molecule has 2 fully saturated rings. The van der Waals surface area contributed by atoms with Crippen LogP contribution >= 0.6 is 0 Å². The molecule has 7 heteroatoms. The molecule has 2 N–H and O–H groups in total. The van der Waals surface area contributed by atoms with Crippen LogP contribution in [0.1, 0.15) is 30.9 Å². The van der Waals surface area contributed by atoms with Gasteiger partial charge in [0, 0.05) is 44.5 Å². The minimum atomic E-state index is -2.56. The number of ether oxygens (including phenoxy) is 1. The van der Waals surface area contributed by atoms with Crippen LogP contribution in [0.25, 0.3) is 0 Å². The summed E-state index contributed by atoms with van der Waals surface area (Å²) in [6.07, 6.45) is 0.630. The summed E-state index contributed by atoms with van der Waals surface area (Å²) in [6, 6.07) is 1.86. The van der Waals surface area contributed by atoms with Crippen LogP contribution in [0.5, 0.6) is 0 Å². The molecule has 5 nitrogen and oxygen atoms in total. The zero-order valence-electron chi connectivity index (χ0n) is 11.2. The summed E-state index contributed by atoms with van der Waals surface area (Å²) in [5.74, 6) is -1.49. The number of hydrogen-bond donors (Lipinski definition) is 1. The van der Waals surface area contributed by atoms with E-state index >= 15 is 0 Å². The molecule has 1 atom stereocenters. The summed E-state index contributed by atoms with van der Waals surface area (Å²) in [5.41, 5.74) is 6.60. The highest BCUT2D eigenvalue weighted by atomic mass is 19.3. The molecule has 0 radical (unpaired) electrons. The maximum absolute atomic E-state index is 13.2. The summed E-state index contributed by atoms with van der Waals surface area (Å²) < 4.78 is 31.7. The summed E-state index contributed by atoms with van der Waals surface area (Å²) in [6.45, 7) is 1.95. The first-order valence-corrected chi connectivity index (χ1v) is 6.88. The van der Waals surface area contributed by atoms with Crippen molar-refractivity contribution < 1.29 is 13.5 Å². The fraction of sp³-hybridized carbons (Fsp3) is 0.692. The van der Waals surface area contributed by atoms with Crippen LogP contribution in [0, 0.1) is 0 Å². The van der Waals surface area contributed by atoms with E-state index < -0.39 is 5.92 Å². The van der Waals surface area contributed by atoms with E-state index in [1.165, 1.54) is 0 Å². The third-order valence-electron chi connectivity index (χ3n) is 3.92. The number of aromatic nitrogens is 2.